The van der Waals surface area contributed by atoms with Crippen molar-refractivity contribution in [2.24, 2.45) is 27.0 Å². The van der Waals surface area contributed by atoms with Crippen LogP contribution in [-0.2, 0) is 86.1 Å². The van der Waals surface area contributed by atoms with Crippen LogP contribution in [0.25, 0.3) is 0 Å². The predicted molar refractivity (Wildman–Crippen MR) is 532 cm³/mol. The summed E-state index contributed by atoms with van der Waals surface area (Å²) in [6.07, 6.45) is 8.43. The number of carbonyl (C=O) groups excluding carboxylic acids is 6. The van der Waals surface area contributed by atoms with Crippen molar-refractivity contribution in [2.45, 2.75) is 126 Å². The average molecular weight is 2230 g/mol. The number of methoxy groups -OCH3 is 2. The Hall–Kier alpha value is -12.0. The number of nitrogens with one attached hydrogen (secondary N) is 2. The van der Waals surface area contributed by atoms with E-state index in [1.807, 2.05) is 10.3 Å². The van der Waals surface area contributed by atoms with Gasteiger partial charge in [0.1, 0.15) is 70.0 Å². The second kappa shape index (κ2) is 46.0. The average Bonchev–Trinajstić information content (AvgIpc) is 1.69. The Bertz CT molecular complexity index is 7110. The van der Waals surface area contributed by atoms with E-state index in [-0.39, 0.29) is 120 Å². The van der Waals surface area contributed by atoms with Gasteiger partial charge in [0, 0.05) is 176 Å². The number of nitrogens with zero attached hydrogens (tertiary/aromatic N) is 16. The summed E-state index contributed by atoms with van der Waals surface area (Å²) in [5, 5.41) is 16.1. The van der Waals surface area contributed by atoms with E-state index in [2.05, 4.69) is 55.9 Å². The van der Waals surface area contributed by atoms with Crippen molar-refractivity contribution in [3.63, 3.8) is 0 Å². The van der Waals surface area contributed by atoms with Crippen LogP contribution in [0.5, 0.6) is 5.75 Å². The van der Waals surface area contributed by atoms with Gasteiger partial charge in [0.25, 0.3) is 5.91 Å². The number of aryl methyl sites for hydroxylation is 1. The molecule has 0 aliphatic carbocycles. The van der Waals surface area contributed by atoms with Crippen molar-refractivity contribution >= 4 is 175 Å². The zero-order valence-corrected chi connectivity index (χ0v) is 86.7. The Morgan fingerprint density at radius 2 is 0.945 bits per heavy atom. The number of aliphatic imine (C=N–C) groups is 4. The zero-order valence-electron chi connectivity index (χ0n) is 77.9. The lowest BCUT2D eigenvalue weighted by Gasteiger charge is -2.42. The number of thiazole rings is 4. The predicted octanol–water partition coefficient (Wildman–Crippen LogP) is 15.2. The smallest absolute Gasteiger partial charge is 0.338 e. The number of likely N-dealkylation sites (tertiary alicyclic amines) is 1. The van der Waals surface area contributed by atoms with Gasteiger partial charge >= 0.3 is 36.3 Å². The molecule has 5 fully saturated rings. The molecule has 0 radical (unpaired) electrons. The number of rotatable bonds is 26. The number of amides is 1. The van der Waals surface area contributed by atoms with Gasteiger partial charge in [-0.3, -0.25) is 39.1 Å². The van der Waals surface area contributed by atoms with Crippen LogP contribution in [0.2, 0.25) is 15.1 Å². The van der Waals surface area contributed by atoms with Crippen LogP contribution in [-0.4, -0.2) is 244 Å². The summed E-state index contributed by atoms with van der Waals surface area (Å²) in [4.78, 5) is 123. The van der Waals surface area contributed by atoms with E-state index in [4.69, 9.17) is 83.2 Å². The first kappa shape index (κ1) is 106. The number of ether oxygens (including phenoxy) is 6. The Morgan fingerprint density at radius 1 is 0.538 bits per heavy atom. The molecule has 14 heterocycles. The molecular weight excluding hydrogens is 2140 g/mol. The maximum atomic E-state index is 14.0. The minimum absolute atomic E-state index is 0.0317. The van der Waals surface area contributed by atoms with Gasteiger partial charge in [0.2, 0.25) is 20.0 Å². The fourth-order valence-electron chi connectivity index (χ4n) is 18.1. The molecule has 0 bridgehead atoms. The molecule has 5 aromatic carbocycles. The number of sulfonamides is 2. The van der Waals surface area contributed by atoms with Crippen LogP contribution in [0.4, 0.5) is 26.3 Å². The van der Waals surface area contributed by atoms with Crippen molar-refractivity contribution in [3.05, 3.63) is 292 Å². The van der Waals surface area contributed by atoms with E-state index in [0.29, 0.717) is 111 Å². The summed E-state index contributed by atoms with van der Waals surface area (Å²) in [6, 6.07) is 17.9. The normalized spacial score (nSPS) is 20.6. The van der Waals surface area contributed by atoms with Gasteiger partial charge in [0.15, 0.2) is 43.4 Å². The van der Waals surface area contributed by atoms with Gasteiger partial charge in [-0.15, -0.1) is 45.3 Å². The maximum absolute atomic E-state index is 14.0. The molecule has 1 amide bonds. The van der Waals surface area contributed by atoms with E-state index >= 15 is 0 Å². The van der Waals surface area contributed by atoms with Crippen LogP contribution in [0.3, 0.4) is 0 Å². The first-order valence-corrected chi connectivity index (χ1v) is 53.6. The molecule has 8 atom stereocenters. The second-order valence-electron chi connectivity index (χ2n) is 33.2. The third-order valence-corrected chi connectivity index (χ3v) is 32.2. The lowest BCUT2D eigenvalue weighted by atomic mass is 9.94. The molecule has 0 spiro atoms. The summed E-state index contributed by atoms with van der Waals surface area (Å²) in [5.41, 5.74) is 5.76. The number of hydrogen-bond donors (Lipinski definition) is 2. The molecule has 1 unspecified atom stereocenters. The van der Waals surface area contributed by atoms with Crippen molar-refractivity contribution in [3.8, 4) is 5.75 Å². The number of carbonyl (C=O) groups is 6. The number of hydrogen-bond acceptors (Lipinski definition) is 34. The second-order valence-corrected chi connectivity index (χ2v) is 42.5. The summed E-state index contributed by atoms with van der Waals surface area (Å²) in [5.74, 6) is -4.00. The number of alkyl halides is 2. The fraction of sp³-hybridized carbons (Fsp3) is 0.337. The molecule has 9 aliphatic heterocycles. The molecule has 5 saturated heterocycles. The third kappa shape index (κ3) is 23.1. The zero-order chi connectivity index (χ0) is 103. The van der Waals surface area contributed by atoms with Crippen molar-refractivity contribution in [2.75, 3.05) is 79.2 Å². The van der Waals surface area contributed by atoms with Crippen LogP contribution in [0.15, 0.2) is 230 Å². The number of amidine groups is 4. The lowest BCUT2D eigenvalue weighted by molar-refractivity contribution is -0.146. The molecule has 2 N–H and O–H groups in total. The van der Waals surface area contributed by atoms with Crippen LogP contribution in [0.1, 0.15) is 132 Å². The molecule has 145 heavy (non-hydrogen) atoms. The number of aromatic nitrogens is 6. The molecule has 19 rings (SSSR count). The molecule has 9 aliphatic rings. The monoisotopic (exact) mass is 2230 g/mol. The first-order valence-electron chi connectivity index (χ1n) is 45.1. The molecule has 10 aromatic rings. The molecule has 762 valence electrons. The summed E-state index contributed by atoms with van der Waals surface area (Å²) in [7, 11) is -3.10. The number of fused-ring (bicyclic) bond motifs is 4. The number of esters is 5. The van der Waals surface area contributed by atoms with E-state index in [9.17, 15) is 71.9 Å². The van der Waals surface area contributed by atoms with E-state index in [1.165, 1.54) is 127 Å². The van der Waals surface area contributed by atoms with Gasteiger partial charge < -0.3 is 53.3 Å². The number of halogens is 10. The van der Waals surface area contributed by atoms with Crippen LogP contribution < -0.4 is 14.8 Å². The Labute approximate surface area is 867 Å². The summed E-state index contributed by atoms with van der Waals surface area (Å²) in [6.45, 7) is 8.91. The minimum Gasteiger partial charge on any atom is -0.497 e. The topological polar surface area (TPSA) is 388 Å². The van der Waals surface area contributed by atoms with Crippen LogP contribution in [0, 0.1) is 23.3 Å². The standard InChI is InChI=1S/C26H24BrFN4O5S2.C25H26ClFN4O4S.C23H22ClFN6O4S2.C21H18ClF3N4O3S/c1-3-37-26(33)22-21-14-31(13-16-4-7-18(36-2)8-5-16)39(34,35)15-32(21)24(25-29-10-11-38-25)30-23(22)19-9-6-17(28)12-20(19)27;1-3-35-25(33)20-19-12-15(30-9-4-5-18(30)24(32)34-2)13-31(19)22(23-28-8-10-36-23)29-21(20)16-7-6-14(27)11-17(16)26;1-3-35-23(32)19-18-9-14(29-37(33,34)15-10-27-30(2)12-15)11-31(18)21(22-26-6-7-36-22)28-20(19)16-5-4-13(25)8-17(16)24;1-2-32-21(31)15-14-8-11(27-19(30)17(24)25)9-29(14)18(20-26-5-6-33-20)28-16(15)12-4-3-10(23)7-13(12)22/h4-12,23H,3,13-15H2,1-2H3;6-8,10-11,15,18,21H,3-5,9,12-13H2,1-2H3;4-8,10,12,14,20,29H,3,9,11H2,1-2H3;3-7,11,16-17H,2,8-9H2,1H3,(H,27,30)/t23-;15-,18?,21-;14-,20-;11-,16-/m0000/s1. The fourth-order valence-corrected chi connectivity index (χ4v) is 24.7. The highest BCUT2D eigenvalue weighted by atomic mass is 79.9. The Morgan fingerprint density at radius 3 is 1.34 bits per heavy atom. The van der Waals surface area contributed by atoms with Gasteiger partial charge in [-0.1, -0.05) is 87.1 Å². The first-order chi connectivity index (χ1) is 69.6. The molecule has 34 nitrogen and oxygen atoms in total. The van der Waals surface area contributed by atoms with Crippen molar-refractivity contribution in [1.82, 2.24) is 68.6 Å². The lowest BCUT2D eigenvalue weighted by Crippen LogP contribution is -2.52. The highest BCUT2D eigenvalue weighted by molar-refractivity contribution is 9.10. The van der Waals surface area contributed by atoms with Gasteiger partial charge in [0.05, 0.1) is 81.7 Å². The van der Waals surface area contributed by atoms with Gasteiger partial charge in [-0.05, 0) is 119 Å². The van der Waals surface area contributed by atoms with E-state index < -0.39 is 122 Å². The van der Waals surface area contributed by atoms with Crippen LogP contribution >= 0.6 is 96.1 Å². The van der Waals surface area contributed by atoms with E-state index in [1.54, 1.807) is 129 Å². The quantitative estimate of drug-likeness (QED) is 0.0289. The van der Waals surface area contributed by atoms with Crippen molar-refractivity contribution < 1.29 is 100 Å². The third-order valence-electron chi connectivity index (χ3n) is 24.3. The summed E-state index contributed by atoms with van der Waals surface area (Å²) < 4.78 is 172. The van der Waals surface area contributed by atoms with Crippen molar-refractivity contribution in [1.29, 1.82) is 0 Å². The summed E-state index contributed by atoms with van der Waals surface area (Å²) >= 11 is 28.0. The van der Waals surface area contributed by atoms with E-state index in [0.717, 1.165) is 42.8 Å². The van der Waals surface area contributed by atoms with Gasteiger partial charge in [-0.25, -0.2) is 78.2 Å². The molecule has 5 aromatic heterocycles. The highest BCUT2D eigenvalue weighted by Gasteiger charge is 2.51. The molecule has 0 saturated carbocycles. The Balaban J connectivity index is 0.000000139. The molecule has 50 heteroatoms. The van der Waals surface area contributed by atoms with Gasteiger partial charge in [-0.2, -0.15) is 18.2 Å². The molecular formula is C95H90BrCl3F6N18O16S6. The largest absolute Gasteiger partial charge is 0.497 e. The maximum Gasteiger partial charge on any atom is 0.338 e. The SMILES string of the molecule is CCOC(=O)C1=C2CN(Cc3ccc(OC)cc3)S(=O)(=O)CN2C(c2nccs2)=N[C@H]1c1ccc(F)cc1Br.CCOC(=O)C1=C2C[C@H](N3CCCC3C(=O)OC)CN2C(c2nccs2)=N[C@H]1c1ccc(F)cc1Cl.CCOC(=O)C1=C2C[C@H](NC(=O)C(F)F)CN2C(c2nccs2)=N[C@H]1c1ccc(F)cc1Cl.CCOC(=O)C1=C2C[C@H](NS(=O)(=O)c3cnn(C)c3)CN2C(c2nccs2)=N[C@H]1c1ccc(F)cc1Cl. The minimum atomic E-state index is -3.88. The number of benzene rings is 5. The highest BCUT2D eigenvalue weighted by Crippen LogP contribution is 2.50. The Kier molecular flexibility index (Phi) is 33.5.